The average Bonchev–Trinajstić information content (AvgIpc) is 2.43. The van der Waals surface area contributed by atoms with Gasteiger partial charge in [0.05, 0.1) is 12.6 Å². The van der Waals surface area contributed by atoms with Crippen molar-refractivity contribution in [3.8, 4) is 0 Å². The van der Waals surface area contributed by atoms with Crippen molar-refractivity contribution in [3.05, 3.63) is 35.9 Å². The van der Waals surface area contributed by atoms with Crippen molar-refractivity contribution in [1.82, 2.24) is 5.32 Å². The summed E-state index contributed by atoms with van der Waals surface area (Å²) >= 11 is 0. The standard InChI is InChI=1S/C15H24N2O2/c1-2-3-10-19-11-9-17-15(18)14(16)12-13-7-5-4-6-8-13/h4-8,14H,2-3,9-12,16H2,1H3,(H,17,18)/t14-/m0/s1. The molecule has 106 valence electrons. The first-order valence-electron chi connectivity index (χ1n) is 6.89. The van der Waals surface area contributed by atoms with E-state index >= 15 is 0 Å². The van der Waals surface area contributed by atoms with Gasteiger partial charge in [0.1, 0.15) is 0 Å². The Hall–Kier alpha value is -1.39. The Morgan fingerprint density at radius 2 is 2.05 bits per heavy atom. The van der Waals surface area contributed by atoms with Crippen LogP contribution in [0, 0.1) is 0 Å². The first kappa shape index (κ1) is 15.7. The van der Waals surface area contributed by atoms with E-state index in [2.05, 4.69) is 12.2 Å². The molecule has 3 N–H and O–H groups in total. The van der Waals surface area contributed by atoms with Gasteiger partial charge in [-0.1, -0.05) is 43.7 Å². The molecule has 0 spiro atoms. The SMILES string of the molecule is CCCCOCCNC(=O)[C@@H](N)Cc1ccccc1. The fourth-order valence-corrected chi connectivity index (χ4v) is 1.69. The van der Waals surface area contributed by atoms with Crippen LogP contribution in [0.25, 0.3) is 0 Å². The Kier molecular flexibility index (Phi) is 7.86. The molecule has 1 aromatic carbocycles. The molecule has 1 aromatic rings. The number of hydrogen-bond donors (Lipinski definition) is 2. The highest BCUT2D eigenvalue weighted by atomic mass is 16.5. The van der Waals surface area contributed by atoms with Gasteiger partial charge in [0.15, 0.2) is 0 Å². The van der Waals surface area contributed by atoms with Crippen molar-refractivity contribution < 1.29 is 9.53 Å². The maximum absolute atomic E-state index is 11.7. The lowest BCUT2D eigenvalue weighted by Gasteiger charge is -2.12. The number of amides is 1. The number of unbranched alkanes of at least 4 members (excludes halogenated alkanes) is 1. The van der Waals surface area contributed by atoms with Gasteiger partial charge in [-0.25, -0.2) is 0 Å². The van der Waals surface area contributed by atoms with Crippen LogP contribution in [-0.2, 0) is 16.0 Å². The van der Waals surface area contributed by atoms with Crippen LogP contribution >= 0.6 is 0 Å². The van der Waals surface area contributed by atoms with Gasteiger partial charge in [-0.05, 0) is 18.4 Å². The lowest BCUT2D eigenvalue weighted by Crippen LogP contribution is -2.43. The molecule has 4 nitrogen and oxygen atoms in total. The highest BCUT2D eigenvalue weighted by Gasteiger charge is 2.12. The predicted molar refractivity (Wildman–Crippen MR) is 76.9 cm³/mol. The van der Waals surface area contributed by atoms with E-state index in [0.717, 1.165) is 25.0 Å². The van der Waals surface area contributed by atoms with E-state index in [1.54, 1.807) is 0 Å². The molecule has 1 amide bonds. The molecule has 1 atom stereocenters. The van der Waals surface area contributed by atoms with E-state index in [4.69, 9.17) is 10.5 Å². The summed E-state index contributed by atoms with van der Waals surface area (Å²) in [4.78, 5) is 11.7. The maximum Gasteiger partial charge on any atom is 0.237 e. The molecular formula is C15H24N2O2. The lowest BCUT2D eigenvalue weighted by molar-refractivity contribution is -0.122. The van der Waals surface area contributed by atoms with Crippen LogP contribution in [0.5, 0.6) is 0 Å². The fourth-order valence-electron chi connectivity index (χ4n) is 1.69. The highest BCUT2D eigenvalue weighted by molar-refractivity contribution is 5.81. The highest BCUT2D eigenvalue weighted by Crippen LogP contribution is 2.01. The number of hydrogen-bond acceptors (Lipinski definition) is 3. The Morgan fingerprint density at radius 3 is 2.74 bits per heavy atom. The molecule has 4 heteroatoms. The zero-order valence-electron chi connectivity index (χ0n) is 11.6. The van der Waals surface area contributed by atoms with Crippen molar-refractivity contribution >= 4 is 5.91 Å². The van der Waals surface area contributed by atoms with E-state index in [1.165, 1.54) is 0 Å². The topological polar surface area (TPSA) is 64.3 Å². The van der Waals surface area contributed by atoms with Crippen LogP contribution in [0.3, 0.4) is 0 Å². The largest absolute Gasteiger partial charge is 0.380 e. The third kappa shape index (κ3) is 6.94. The molecule has 0 heterocycles. The second-order valence-corrected chi connectivity index (χ2v) is 4.55. The van der Waals surface area contributed by atoms with E-state index in [9.17, 15) is 4.79 Å². The van der Waals surface area contributed by atoms with E-state index < -0.39 is 6.04 Å². The average molecular weight is 264 g/mol. The predicted octanol–water partition coefficient (Wildman–Crippen LogP) is 1.49. The number of benzene rings is 1. The van der Waals surface area contributed by atoms with Crippen molar-refractivity contribution in [2.24, 2.45) is 5.73 Å². The number of nitrogens with one attached hydrogen (secondary N) is 1. The molecule has 0 saturated heterocycles. The molecular weight excluding hydrogens is 240 g/mol. The summed E-state index contributed by atoms with van der Waals surface area (Å²) in [6, 6.07) is 9.28. The number of nitrogens with two attached hydrogens (primary N) is 1. The number of carbonyl (C=O) groups excluding carboxylic acids is 1. The van der Waals surface area contributed by atoms with Gasteiger partial charge < -0.3 is 15.8 Å². The van der Waals surface area contributed by atoms with Gasteiger partial charge in [0.2, 0.25) is 5.91 Å². The minimum atomic E-state index is -0.502. The van der Waals surface area contributed by atoms with E-state index in [0.29, 0.717) is 19.6 Å². The molecule has 19 heavy (non-hydrogen) atoms. The first-order chi connectivity index (χ1) is 9.24. The lowest BCUT2D eigenvalue weighted by atomic mass is 10.1. The Bertz CT molecular complexity index is 354. The third-order valence-corrected chi connectivity index (χ3v) is 2.82. The molecule has 0 radical (unpaired) electrons. The molecule has 0 bridgehead atoms. The summed E-state index contributed by atoms with van der Waals surface area (Å²) < 4.78 is 5.37. The van der Waals surface area contributed by atoms with Gasteiger partial charge in [-0.3, -0.25) is 4.79 Å². The van der Waals surface area contributed by atoms with Crippen LogP contribution in [-0.4, -0.2) is 31.7 Å². The smallest absolute Gasteiger partial charge is 0.237 e. The fraction of sp³-hybridized carbons (Fsp3) is 0.533. The maximum atomic E-state index is 11.7. The molecule has 0 unspecified atom stereocenters. The number of ether oxygens (including phenoxy) is 1. The second kappa shape index (κ2) is 9.53. The van der Waals surface area contributed by atoms with E-state index in [1.807, 2.05) is 30.3 Å². The second-order valence-electron chi connectivity index (χ2n) is 4.55. The van der Waals surface area contributed by atoms with Gasteiger partial charge in [-0.15, -0.1) is 0 Å². The molecule has 0 aliphatic heterocycles. The van der Waals surface area contributed by atoms with E-state index in [-0.39, 0.29) is 5.91 Å². The van der Waals surface area contributed by atoms with Crippen LogP contribution in [0.1, 0.15) is 25.3 Å². The van der Waals surface area contributed by atoms with Crippen LogP contribution in [0.15, 0.2) is 30.3 Å². The summed E-state index contributed by atoms with van der Waals surface area (Å²) in [7, 11) is 0. The van der Waals surface area contributed by atoms with Crippen LogP contribution < -0.4 is 11.1 Å². The Morgan fingerprint density at radius 1 is 1.32 bits per heavy atom. The van der Waals surface area contributed by atoms with Gasteiger partial charge in [0, 0.05) is 13.2 Å². The molecule has 0 saturated carbocycles. The first-order valence-corrected chi connectivity index (χ1v) is 6.89. The Balaban J connectivity index is 2.15. The third-order valence-electron chi connectivity index (χ3n) is 2.82. The van der Waals surface area contributed by atoms with Gasteiger partial charge in [-0.2, -0.15) is 0 Å². The molecule has 0 aliphatic carbocycles. The normalized spacial score (nSPS) is 12.1. The van der Waals surface area contributed by atoms with Gasteiger partial charge in [0.25, 0.3) is 0 Å². The molecule has 0 fully saturated rings. The van der Waals surface area contributed by atoms with Gasteiger partial charge >= 0.3 is 0 Å². The minimum Gasteiger partial charge on any atom is -0.380 e. The summed E-state index contributed by atoms with van der Waals surface area (Å²) in [6.07, 6.45) is 2.74. The summed E-state index contributed by atoms with van der Waals surface area (Å²) in [5.74, 6) is -0.122. The summed E-state index contributed by atoms with van der Waals surface area (Å²) in [5.41, 5.74) is 6.93. The monoisotopic (exact) mass is 264 g/mol. The number of rotatable bonds is 9. The minimum absolute atomic E-state index is 0.122. The molecule has 1 rings (SSSR count). The van der Waals surface area contributed by atoms with Crippen molar-refractivity contribution in [2.75, 3.05) is 19.8 Å². The summed E-state index contributed by atoms with van der Waals surface area (Å²) in [6.45, 7) is 3.94. The quantitative estimate of drug-likeness (QED) is 0.664. The summed E-state index contributed by atoms with van der Waals surface area (Å²) in [5, 5.41) is 2.79. The van der Waals surface area contributed by atoms with Crippen molar-refractivity contribution in [1.29, 1.82) is 0 Å². The zero-order valence-corrected chi connectivity index (χ0v) is 11.6. The van der Waals surface area contributed by atoms with Crippen molar-refractivity contribution in [3.63, 3.8) is 0 Å². The molecule has 0 aromatic heterocycles. The van der Waals surface area contributed by atoms with Crippen molar-refractivity contribution in [2.45, 2.75) is 32.2 Å². The molecule has 0 aliphatic rings. The van der Waals surface area contributed by atoms with Crippen LogP contribution in [0.2, 0.25) is 0 Å². The Labute approximate surface area is 115 Å². The number of carbonyl (C=O) groups is 1. The zero-order chi connectivity index (χ0) is 13.9. The van der Waals surface area contributed by atoms with Crippen LogP contribution in [0.4, 0.5) is 0 Å².